The molecule has 1 atom stereocenters. The first kappa shape index (κ1) is 13.7. The molecule has 1 rings (SSSR count). The number of nitrogens with two attached hydrogens (primary N) is 1. The first-order valence-corrected chi connectivity index (χ1v) is 5.91. The van der Waals surface area contributed by atoms with E-state index in [1.807, 2.05) is 11.9 Å². The molecule has 0 bridgehead atoms. The Morgan fingerprint density at radius 2 is 2.18 bits per heavy atom. The Bertz CT molecular complexity index is 413. The van der Waals surface area contributed by atoms with Crippen LogP contribution in [0.3, 0.4) is 0 Å². The second-order valence-electron chi connectivity index (χ2n) is 4.79. The fraction of sp³-hybridized carbons (Fsp3) is 0.667. The van der Waals surface area contributed by atoms with Crippen LogP contribution in [0.1, 0.15) is 20.3 Å². The fourth-order valence-electron chi connectivity index (χ4n) is 1.53. The van der Waals surface area contributed by atoms with Gasteiger partial charge in [0.25, 0.3) is 5.56 Å². The van der Waals surface area contributed by atoms with Crippen LogP contribution in [-0.4, -0.2) is 29.2 Å². The zero-order valence-corrected chi connectivity index (χ0v) is 11.1. The molecule has 0 saturated carbocycles. The SMILES string of the molecule is CC(C)C(N)CCN(C)c1nccn(C)c1=O. The Hall–Kier alpha value is -1.36. The van der Waals surface area contributed by atoms with Crippen molar-refractivity contribution in [2.45, 2.75) is 26.3 Å². The first-order chi connectivity index (χ1) is 7.93. The smallest absolute Gasteiger partial charge is 0.293 e. The summed E-state index contributed by atoms with van der Waals surface area (Å²) >= 11 is 0. The number of hydrogen-bond donors (Lipinski definition) is 1. The van der Waals surface area contributed by atoms with Gasteiger partial charge in [-0.05, 0) is 12.3 Å². The van der Waals surface area contributed by atoms with E-state index in [4.69, 9.17) is 5.73 Å². The van der Waals surface area contributed by atoms with Crippen LogP contribution >= 0.6 is 0 Å². The highest BCUT2D eigenvalue weighted by Crippen LogP contribution is 2.06. The van der Waals surface area contributed by atoms with Gasteiger partial charge in [0.2, 0.25) is 0 Å². The molecular formula is C12H22N4O. The molecule has 1 aromatic heterocycles. The van der Waals surface area contributed by atoms with Crippen molar-refractivity contribution in [3.8, 4) is 0 Å². The van der Waals surface area contributed by atoms with E-state index in [0.717, 1.165) is 13.0 Å². The number of hydrogen-bond acceptors (Lipinski definition) is 4. The highest BCUT2D eigenvalue weighted by atomic mass is 16.1. The Morgan fingerprint density at radius 1 is 1.53 bits per heavy atom. The number of anilines is 1. The number of aryl methyl sites for hydroxylation is 1. The average Bonchev–Trinajstić information content (AvgIpc) is 2.29. The van der Waals surface area contributed by atoms with Crippen molar-refractivity contribution in [3.63, 3.8) is 0 Å². The highest BCUT2D eigenvalue weighted by Gasteiger charge is 2.12. The minimum absolute atomic E-state index is 0.0758. The van der Waals surface area contributed by atoms with Crippen LogP contribution in [0.15, 0.2) is 17.2 Å². The third-order valence-electron chi connectivity index (χ3n) is 3.01. The van der Waals surface area contributed by atoms with E-state index >= 15 is 0 Å². The minimum atomic E-state index is -0.0758. The van der Waals surface area contributed by atoms with Crippen molar-refractivity contribution in [2.24, 2.45) is 18.7 Å². The minimum Gasteiger partial charge on any atom is -0.355 e. The fourth-order valence-corrected chi connectivity index (χ4v) is 1.53. The highest BCUT2D eigenvalue weighted by molar-refractivity contribution is 5.33. The van der Waals surface area contributed by atoms with Crippen LogP contribution in [0.25, 0.3) is 0 Å². The largest absolute Gasteiger partial charge is 0.355 e. The number of rotatable bonds is 5. The van der Waals surface area contributed by atoms with Gasteiger partial charge in [0, 0.05) is 39.1 Å². The predicted molar refractivity (Wildman–Crippen MR) is 70.2 cm³/mol. The van der Waals surface area contributed by atoms with E-state index < -0.39 is 0 Å². The molecule has 0 saturated heterocycles. The van der Waals surface area contributed by atoms with E-state index in [9.17, 15) is 4.79 Å². The first-order valence-electron chi connectivity index (χ1n) is 5.91. The molecule has 2 N–H and O–H groups in total. The van der Waals surface area contributed by atoms with Crippen LogP contribution in [0.4, 0.5) is 5.82 Å². The Labute approximate surface area is 102 Å². The van der Waals surface area contributed by atoms with Crippen molar-refractivity contribution >= 4 is 5.82 Å². The second-order valence-corrected chi connectivity index (χ2v) is 4.79. The maximum Gasteiger partial charge on any atom is 0.293 e. The summed E-state index contributed by atoms with van der Waals surface area (Å²) in [7, 11) is 3.60. The lowest BCUT2D eigenvalue weighted by Gasteiger charge is -2.21. The Kier molecular flexibility index (Phi) is 4.69. The molecule has 0 amide bonds. The lowest BCUT2D eigenvalue weighted by molar-refractivity contribution is 0.465. The van der Waals surface area contributed by atoms with E-state index in [-0.39, 0.29) is 11.6 Å². The van der Waals surface area contributed by atoms with E-state index in [0.29, 0.717) is 11.7 Å². The van der Waals surface area contributed by atoms with Gasteiger partial charge < -0.3 is 15.2 Å². The summed E-state index contributed by atoms with van der Waals surface area (Å²) in [4.78, 5) is 17.8. The van der Waals surface area contributed by atoms with Crippen molar-refractivity contribution in [2.75, 3.05) is 18.5 Å². The molecule has 0 aliphatic rings. The number of aromatic nitrogens is 2. The molecule has 0 spiro atoms. The third-order valence-corrected chi connectivity index (χ3v) is 3.01. The van der Waals surface area contributed by atoms with E-state index in [1.54, 1.807) is 19.4 Å². The van der Waals surface area contributed by atoms with Crippen molar-refractivity contribution < 1.29 is 0 Å². The summed E-state index contributed by atoms with van der Waals surface area (Å²) in [6, 6.07) is 0.157. The molecule has 1 heterocycles. The molecule has 0 radical (unpaired) electrons. The van der Waals surface area contributed by atoms with Crippen LogP contribution in [0.5, 0.6) is 0 Å². The quantitative estimate of drug-likeness (QED) is 0.815. The van der Waals surface area contributed by atoms with Crippen molar-refractivity contribution in [1.29, 1.82) is 0 Å². The normalized spacial score (nSPS) is 12.8. The van der Waals surface area contributed by atoms with Gasteiger partial charge in [0.15, 0.2) is 5.82 Å². The molecule has 0 aliphatic carbocycles. The topological polar surface area (TPSA) is 64.2 Å². The molecule has 17 heavy (non-hydrogen) atoms. The molecule has 0 aliphatic heterocycles. The third kappa shape index (κ3) is 3.56. The summed E-state index contributed by atoms with van der Waals surface area (Å²) in [5, 5.41) is 0. The molecule has 0 fully saturated rings. The lowest BCUT2D eigenvalue weighted by Crippen LogP contribution is -2.35. The molecule has 5 heteroatoms. The Morgan fingerprint density at radius 3 is 2.76 bits per heavy atom. The lowest BCUT2D eigenvalue weighted by atomic mass is 10.0. The van der Waals surface area contributed by atoms with Gasteiger partial charge in [-0.2, -0.15) is 0 Å². The van der Waals surface area contributed by atoms with Crippen LogP contribution < -0.4 is 16.2 Å². The van der Waals surface area contributed by atoms with Gasteiger partial charge in [0.1, 0.15) is 0 Å². The van der Waals surface area contributed by atoms with Crippen LogP contribution in [-0.2, 0) is 7.05 Å². The molecule has 96 valence electrons. The average molecular weight is 238 g/mol. The molecule has 1 aromatic rings. The molecule has 1 unspecified atom stereocenters. The van der Waals surface area contributed by atoms with Gasteiger partial charge in [0.05, 0.1) is 0 Å². The monoisotopic (exact) mass is 238 g/mol. The molecule has 5 nitrogen and oxygen atoms in total. The van der Waals surface area contributed by atoms with Gasteiger partial charge in [-0.1, -0.05) is 13.8 Å². The van der Waals surface area contributed by atoms with Crippen LogP contribution in [0, 0.1) is 5.92 Å². The van der Waals surface area contributed by atoms with Crippen LogP contribution in [0.2, 0.25) is 0 Å². The van der Waals surface area contributed by atoms with Gasteiger partial charge in [-0.15, -0.1) is 0 Å². The summed E-state index contributed by atoms with van der Waals surface area (Å²) < 4.78 is 1.53. The van der Waals surface area contributed by atoms with E-state index in [2.05, 4.69) is 18.8 Å². The van der Waals surface area contributed by atoms with Gasteiger partial charge >= 0.3 is 0 Å². The summed E-state index contributed by atoms with van der Waals surface area (Å²) in [5.41, 5.74) is 5.90. The number of nitrogens with zero attached hydrogens (tertiary/aromatic N) is 3. The summed E-state index contributed by atoms with van der Waals surface area (Å²) in [6.45, 7) is 4.94. The predicted octanol–water partition coefficient (Wildman–Crippen LogP) is 0.590. The van der Waals surface area contributed by atoms with Crippen molar-refractivity contribution in [3.05, 3.63) is 22.7 Å². The molecular weight excluding hydrogens is 216 g/mol. The molecule has 0 aromatic carbocycles. The van der Waals surface area contributed by atoms with E-state index in [1.165, 1.54) is 4.57 Å². The second kappa shape index (κ2) is 5.82. The maximum atomic E-state index is 11.8. The summed E-state index contributed by atoms with van der Waals surface area (Å²) in [6.07, 6.45) is 4.14. The van der Waals surface area contributed by atoms with Gasteiger partial charge in [-0.3, -0.25) is 4.79 Å². The Balaban J connectivity index is 2.67. The zero-order chi connectivity index (χ0) is 13.0. The maximum absolute atomic E-state index is 11.8. The van der Waals surface area contributed by atoms with Crippen molar-refractivity contribution in [1.82, 2.24) is 9.55 Å². The van der Waals surface area contributed by atoms with Gasteiger partial charge in [-0.25, -0.2) is 4.98 Å². The summed E-state index contributed by atoms with van der Waals surface area (Å²) in [5.74, 6) is 0.931. The standard InChI is InChI=1S/C12H22N4O/c1-9(2)10(13)5-7-15(3)11-12(17)16(4)8-6-14-11/h6,8-10H,5,7,13H2,1-4H3. The zero-order valence-electron chi connectivity index (χ0n) is 11.1.